The molecular weight excluding hydrogens is 424 g/mol. The van der Waals surface area contributed by atoms with Gasteiger partial charge in [-0.1, -0.05) is 30.4 Å². The monoisotopic (exact) mass is 450 g/mol. The topological polar surface area (TPSA) is 74.6 Å². The summed E-state index contributed by atoms with van der Waals surface area (Å²) in [7, 11) is 0. The Morgan fingerprint density at radius 3 is 2.97 bits per heavy atom. The molecule has 1 heterocycles. The minimum Gasteiger partial charge on any atom is -0.481 e. The summed E-state index contributed by atoms with van der Waals surface area (Å²) in [4.78, 5) is 22.8. The number of fused-ring (bicyclic) bond motifs is 1. The first-order valence-electron chi connectivity index (χ1n) is 9.80. The van der Waals surface area contributed by atoms with Gasteiger partial charge in [0.2, 0.25) is 0 Å². The normalized spacial score (nSPS) is 20.7. The lowest BCUT2D eigenvalue weighted by atomic mass is 10.0. The van der Waals surface area contributed by atoms with Crippen LogP contribution in [-0.4, -0.2) is 50.6 Å². The van der Waals surface area contributed by atoms with Crippen molar-refractivity contribution in [1.29, 1.82) is 0 Å². The predicted octanol–water partition coefficient (Wildman–Crippen LogP) is 4.65. The van der Waals surface area contributed by atoms with Crippen LogP contribution in [0.5, 0.6) is 0 Å². The molecule has 7 heteroatoms. The van der Waals surface area contributed by atoms with E-state index in [1.807, 2.05) is 24.3 Å². The van der Waals surface area contributed by atoms with Crippen LogP contribution in [0.3, 0.4) is 0 Å². The van der Waals surface area contributed by atoms with Gasteiger partial charge >= 0.3 is 5.97 Å². The van der Waals surface area contributed by atoms with Crippen molar-refractivity contribution in [3.05, 3.63) is 47.4 Å². The van der Waals surface area contributed by atoms with E-state index >= 15 is 0 Å². The zero-order valence-electron chi connectivity index (χ0n) is 16.2. The SMILES string of the molecule is O=C(O)CSCCCSC1C(=O)CCC1C=CC(O)Cc1csc2ccccc12. The number of aliphatic carboxylic acids is 1. The molecule has 0 aliphatic heterocycles. The standard InChI is InChI=1S/C22H26O4S3/c23-17(12-16-13-29-20-5-2-1-4-18(16)20)8-6-15-7-9-19(24)22(15)28-11-3-10-27-14-21(25)26/h1-2,4-6,8,13,15,17,22-23H,3,7,9-12,14H2,(H,25,26). The number of thiophene rings is 1. The molecule has 29 heavy (non-hydrogen) atoms. The van der Waals surface area contributed by atoms with E-state index < -0.39 is 12.1 Å². The zero-order chi connectivity index (χ0) is 20.6. The summed E-state index contributed by atoms with van der Waals surface area (Å²) in [5.74, 6) is 1.47. The molecule has 1 aliphatic carbocycles. The molecule has 0 amide bonds. The number of hydrogen-bond donors (Lipinski definition) is 2. The third-order valence-corrected chi connectivity index (χ3v) is 8.49. The third-order valence-electron chi connectivity index (χ3n) is 4.96. The highest BCUT2D eigenvalue weighted by Gasteiger charge is 2.33. The first kappa shape index (κ1) is 22.4. The molecule has 2 N–H and O–H groups in total. The highest BCUT2D eigenvalue weighted by molar-refractivity contribution is 8.01. The molecule has 3 atom stereocenters. The number of ketones is 1. The number of hydrogen-bond acceptors (Lipinski definition) is 6. The van der Waals surface area contributed by atoms with Crippen LogP contribution in [0.4, 0.5) is 0 Å². The van der Waals surface area contributed by atoms with Gasteiger partial charge in [0, 0.05) is 17.5 Å². The van der Waals surface area contributed by atoms with Crippen LogP contribution >= 0.6 is 34.9 Å². The molecule has 1 fully saturated rings. The van der Waals surface area contributed by atoms with Crippen LogP contribution in [0.1, 0.15) is 24.8 Å². The lowest BCUT2D eigenvalue weighted by Crippen LogP contribution is -2.17. The van der Waals surface area contributed by atoms with Crippen LogP contribution in [0.2, 0.25) is 0 Å². The van der Waals surface area contributed by atoms with Gasteiger partial charge in [-0.3, -0.25) is 9.59 Å². The Kier molecular flexibility index (Phi) is 8.66. The summed E-state index contributed by atoms with van der Waals surface area (Å²) in [6, 6.07) is 8.23. The van der Waals surface area contributed by atoms with Gasteiger partial charge in [0.05, 0.1) is 17.1 Å². The summed E-state index contributed by atoms with van der Waals surface area (Å²) < 4.78 is 1.23. The molecule has 1 aromatic heterocycles. The second-order valence-electron chi connectivity index (χ2n) is 7.17. The second kappa shape index (κ2) is 11.2. The van der Waals surface area contributed by atoms with Crippen LogP contribution in [0, 0.1) is 5.92 Å². The van der Waals surface area contributed by atoms with Crippen LogP contribution in [-0.2, 0) is 16.0 Å². The average molecular weight is 451 g/mol. The number of allylic oxidation sites excluding steroid dienone is 1. The van der Waals surface area contributed by atoms with E-state index in [1.54, 1.807) is 23.1 Å². The molecule has 0 radical (unpaired) electrons. The van der Waals surface area contributed by atoms with Crippen molar-refractivity contribution >= 4 is 56.7 Å². The molecule has 1 aliphatic rings. The van der Waals surface area contributed by atoms with Gasteiger partial charge < -0.3 is 10.2 Å². The van der Waals surface area contributed by atoms with Gasteiger partial charge in [-0.15, -0.1) is 23.1 Å². The summed E-state index contributed by atoms with van der Waals surface area (Å²) in [5, 5.41) is 22.4. The molecule has 156 valence electrons. The van der Waals surface area contributed by atoms with E-state index in [0.717, 1.165) is 29.9 Å². The highest BCUT2D eigenvalue weighted by atomic mass is 32.2. The van der Waals surface area contributed by atoms with Gasteiger partial charge in [0.1, 0.15) is 5.78 Å². The maximum atomic E-state index is 12.2. The Balaban J connectivity index is 1.47. The van der Waals surface area contributed by atoms with Crippen molar-refractivity contribution < 1.29 is 19.8 Å². The summed E-state index contributed by atoms with van der Waals surface area (Å²) in [6.07, 6.45) is 6.26. The maximum Gasteiger partial charge on any atom is 0.313 e. The summed E-state index contributed by atoms with van der Waals surface area (Å²) in [5.41, 5.74) is 1.16. The quantitative estimate of drug-likeness (QED) is 0.383. The van der Waals surface area contributed by atoms with Crippen molar-refractivity contribution in [3.8, 4) is 0 Å². The van der Waals surface area contributed by atoms with Crippen molar-refractivity contribution in [1.82, 2.24) is 0 Å². The van der Waals surface area contributed by atoms with E-state index in [-0.39, 0.29) is 16.9 Å². The molecule has 1 saturated carbocycles. The lowest BCUT2D eigenvalue weighted by molar-refractivity contribution is -0.133. The number of carbonyl (C=O) groups excluding carboxylic acids is 1. The summed E-state index contributed by atoms with van der Waals surface area (Å²) >= 11 is 4.79. The van der Waals surface area contributed by atoms with Crippen molar-refractivity contribution in [3.63, 3.8) is 0 Å². The molecule has 2 aromatic rings. The minimum atomic E-state index is -0.784. The predicted molar refractivity (Wildman–Crippen MR) is 124 cm³/mol. The van der Waals surface area contributed by atoms with Crippen LogP contribution < -0.4 is 0 Å². The number of carbonyl (C=O) groups is 2. The number of aliphatic hydroxyl groups is 1. The van der Waals surface area contributed by atoms with Crippen molar-refractivity contribution in [2.75, 3.05) is 17.3 Å². The highest BCUT2D eigenvalue weighted by Crippen LogP contribution is 2.34. The van der Waals surface area contributed by atoms with Gasteiger partial charge in [0.15, 0.2) is 0 Å². The fraction of sp³-hybridized carbons (Fsp3) is 0.455. The van der Waals surface area contributed by atoms with Gasteiger partial charge in [-0.2, -0.15) is 11.8 Å². The molecule has 0 bridgehead atoms. The molecule has 3 rings (SSSR count). The van der Waals surface area contributed by atoms with E-state index in [9.17, 15) is 14.7 Å². The minimum absolute atomic E-state index is 0.0371. The largest absolute Gasteiger partial charge is 0.481 e. The Labute approximate surface area is 183 Å². The van der Waals surface area contributed by atoms with Gasteiger partial charge in [-0.25, -0.2) is 0 Å². The van der Waals surface area contributed by atoms with Crippen LogP contribution in [0.25, 0.3) is 10.1 Å². The Morgan fingerprint density at radius 1 is 1.31 bits per heavy atom. The number of thioether (sulfide) groups is 2. The fourth-order valence-electron chi connectivity index (χ4n) is 3.54. The molecule has 3 unspecified atom stereocenters. The second-order valence-corrected chi connectivity index (χ2v) is 10.4. The van der Waals surface area contributed by atoms with E-state index in [2.05, 4.69) is 17.5 Å². The zero-order valence-corrected chi connectivity index (χ0v) is 18.6. The van der Waals surface area contributed by atoms with Gasteiger partial charge in [-0.05, 0) is 52.7 Å². The molecule has 0 spiro atoms. The lowest BCUT2D eigenvalue weighted by Gasteiger charge is -2.15. The van der Waals surface area contributed by atoms with Crippen molar-refractivity contribution in [2.24, 2.45) is 5.92 Å². The maximum absolute atomic E-state index is 12.2. The first-order chi connectivity index (χ1) is 14.0. The van der Waals surface area contributed by atoms with Crippen molar-refractivity contribution in [2.45, 2.75) is 37.0 Å². The number of Topliss-reactive ketones (excluding diaryl/α,β-unsaturated/α-hetero) is 1. The third kappa shape index (κ3) is 6.60. The Bertz CT molecular complexity index is 861. The molecule has 1 aromatic carbocycles. The van der Waals surface area contributed by atoms with Crippen LogP contribution in [0.15, 0.2) is 41.8 Å². The number of aliphatic hydroxyl groups excluding tert-OH is 1. The summed E-state index contributed by atoms with van der Waals surface area (Å²) in [6.45, 7) is 0. The van der Waals surface area contributed by atoms with E-state index in [0.29, 0.717) is 18.6 Å². The number of carboxylic acid groups (broad SMARTS) is 1. The van der Waals surface area contributed by atoms with E-state index in [1.165, 1.54) is 21.8 Å². The average Bonchev–Trinajstić information content (AvgIpc) is 3.26. The fourth-order valence-corrected chi connectivity index (χ4v) is 6.71. The molecule has 4 nitrogen and oxygen atoms in total. The Morgan fingerprint density at radius 2 is 2.14 bits per heavy atom. The number of carboxylic acids is 1. The van der Waals surface area contributed by atoms with Gasteiger partial charge in [0.25, 0.3) is 0 Å². The molecular formula is C22H26O4S3. The smallest absolute Gasteiger partial charge is 0.313 e. The molecule has 0 saturated heterocycles. The van der Waals surface area contributed by atoms with E-state index in [4.69, 9.17) is 5.11 Å². The Hall–Kier alpha value is -1.28. The first-order valence-corrected chi connectivity index (χ1v) is 12.9. The number of rotatable bonds is 11. The number of benzene rings is 1.